The van der Waals surface area contributed by atoms with Crippen molar-refractivity contribution in [3.63, 3.8) is 0 Å². The lowest BCUT2D eigenvalue weighted by atomic mass is 9.87. The van der Waals surface area contributed by atoms with Crippen LogP contribution in [0, 0.1) is 11.3 Å². The molecule has 0 bridgehead atoms. The van der Waals surface area contributed by atoms with Crippen molar-refractivity contribution in [2.45, 2.75) is 58.5 Å². The molecule has 29 heavy (non-hydrogen) atoms. The van der Waals surface area contributed by atoms with Gasteiger partial charge in [-0.15, -0.1) is 0 Å². The number of methoxy groups -OCH3 is 1. The highest BCUT2D eigenvalue weighted by molar-refractivity contribution is 7.48. The third-order valence-electron chi connectivity index (χ3n) is 4.98. The molecule has 1 saturated carbocycles. The fourth-order valence-electron chi connectivity index (χ4n) is 3.18. The largest absolute Gasteiger partial charge is 0.478 e. The van der Waals surface area contributed by atoms with Crippen LogP contribution in [0.1, 0.15) is 52.4 Å². The van der Waals surface area contributed by atoms with E-state index in [1.54, 1.807) is 13.8 Å². The van der Waals surface area contributed by atoms with Crippen molar-refractivity contribution in [2.24, 2.45) is 11.3 Å². The molecule has 1 aliphatic heterocycles. The molecule has 2 fully saturated rings. The van der Waals surface area contributed by atoms with Crippen molar-refractivity contribution in [2.75, 3.05) is 27.1 Å². The highest BCUT2D eigenvalue weighted by atomic mass is 31.2. The Balaban J connectivity index is 1.85. The lowest BCUT2D eigenvalue weighted by molar-refractivity contribution is -0.160. The van der Waals surface area contributed by atoms with Crippen LogP contribution in [0.2, 0.25) is 0 Å². The van der Waals surface area contributed by atoms with Crippen LogP contribution >= 0.6 is 7.82 Å². The Kier molecular flexibility index (Phi) is 8.63. The monoisotopic (exact) mass is 435 g/mol. The smallest absolute Gasteiger partial charge is 0.469 e. The zero-order chi connectivity index (χ0) is 21.5. The molecule has 11 heteroatoms. The van der Waals surface area contributed by atoms with Gasteiger partial charge in [-0.2, -0.15) is 0 Å². The predicted molar refractivity (Wildman–Crippen MR) is 100 cm³/mol. The van der Waals surface area contributed by atoms with E-state index in [2.05, 4.69) is 10.1 Å². The Morgan fingerprint density at radius 1 is 1.17 bits per heavy atom. The summed E-state index contributed by atoms with van der Waals surface area (Å²) in [6.07, 6.45) is 3.47. The van der Waals surface area contributed by atoms with Crippen LogP contribution < -0.4 is 5.32 Å². The number of hydrogen-bond donors (Lipinski definition) is 1. The van der Waals surface area contributed by atoms with Crippen LogP contribution in [0.3, 0.4) is 0 Å². The molecule has 2 aliphatic rings. The molecular weight excluding hydrogens is 405 g/mol. The quantitative estimate of drug-likeness (QED) is 0.347. The Bertz CT molecular complexity index is 645. The van der Waals surface area contributed by atoms with E-state index in [9.17, 15) is 18.9 Å². The van der Waals surface area contributed by atoms with Crippen molar-refractivity contribution < 1.29 is 42.0 Å². The van der Waals surface area contributed by atoms with E-state index in [-0.39, 0.29) is 25.5 Å². The van der Waals surface area contributed by atoms with Crippen molar-refractivity contribution >= 4 is 25.7 Å². The van der Waals surface area contributed by atoms with Crippen LogP contribution in [0.4, 0.5) is 0 Å². The van der Waals surface area contributed by atoms with E-state index >= 15 is 0 Å². The molecule has 2 rings (SSSR count). The molecule has 0 aromatic rings. The SMILES string of the molecule is COC(=O)CCNC(=O)[C@@H]1OP(=O)(OCOC(=O)C2CCCCC2)OCC1(C)C. The summed E-state index contributed by atoms with van der Waals surface area (Å²) in [5.41, 5.74) is -0.786. The number of hydrogen-bond acceptors (Lipinski definition) is 9. The van der Waals surface area contributed by atoms with Gasteiger partial charge in [0, 0.05) is 12.0 Å². The second-order valence-corrected chi connectivity index (χ2v) is 9.48. The van der Waals surface area contributed by atoms with E-state index in [1.807, 2.05) is 0 Å². The second kappa shape index (κ2) is 10.5. The van der Waals surface area contributed by atoms with Crippen molar-refractivity contribution in [1.82, 2.24) is 5.32 Å². The first-order valence-corrected chi connectivity index (χ1v) is 11.2. The molecule has 10 nitrogen and oxygen atoms in total. The van der Waals surface area contributed by atoms with Crippen LogP contribution in [-0.2, 0) is 42.0 Å². The van der Waals surface area contributed by atoms with Crippen molar-refractivity contribution in [3.05, 3.63) is 0 Å². The Labute approximate surface area is 170 Å². The van der Waals surface area contributed by atoms with Crippen LogP contribution in [0.15, 0.2) is 0 Å². The summed E-state index contributed by atoms with van der Waals surface area (Å²) in [4.78, 5) is 35.7. The fraction of sp³-hybridized carbons (Fsp3) is 0.833. The normalized spacial score (nSPS) is 27.1. The predicted octanol–water partition coefficient (Wildman–Crippen LogP) is 2.31. The first-order chi connectivity index (χ1) is 13.7. The molecule has 1 heterocycles. The summed E-state index contributed by atoms with van der Waals surface area (Å²) in [5, 5.41) is 2.55. The van der Waals surface area contributed by atoms with Gasteiger partial charge in [0.1, 0.15) is 0 Å². The van der Waals surface area contributed by atoms with E-state index in [1.165, 1.54) is 7.11 Å². The Hall–Kier alpha value is -1.48. The third kappa shape index (κ3) is 7.06. The molecule has 1 saturated heterocycles. The number of amides is 1. The Morgan fingerprint density at radius 3 is 2.52 bits per heavy atom. The summed E-state index contributed by atoms with van der Waals surface area (Å²) in [6.45, 7) is 2.83. The summed E-state index contributed by atoms with van der Waals surface area (Å²) in [7, 11) is -2.83. The van der Waals surface area contributed by atoms with E-state index < -0.39 is 44.0 Å². The van der Waals surface area contributed by atoms with Crippen molar-refractivity contribution in [3.8, 4) is 0 Å². The Morgan fingerprint density at radius 2 is 1.86 bits per heavy atom. The van der Waals surface area contributed by atoms with Crippen LogP contribution in [0.5, 0.6) is 0 Å². The maximum atomic E-state index is 12.7. The van der Waals surface area contributed by atoms with E-state index in [4.69, 9.17) is 18.3 Å². The summed E-state index contributed by atoms with van der Waals surface area (Å²) >= 11 is 0. The minimum absolute atomic E-state index is 0.00281. The fourth-order valence-corrected chi connectivity index (χ4v) is 4.69. The highest BCUT2D eigenvalue weighted by Crippen LogP contribution is 2.57. The molecule has 1 amide bonds. The molecule has 166 valence electrons. The van der Waals surface area contributed by atoms with Crippen LogP contribution in [0.25, 0.3) is 0 Å². The first-order valence-electron chi connectivity index (χ1n) is 9.75. The number of phosphoric acid groups is 1. The molecule has 0 aromatic carbocycles. The number of carbonyl (C=O) groups is 3. The number of carbonyl (C=O) groups excluding carboxylic acids is 3. The molecule has 0 radical (unpaired) electrons. The van der Waals surface area contributed by atoms with Crippen molar-refractivity contribution in [1.29, 1.82) is 0 Å². The van der Waals surface area contributed by atoms with Gasteiger partial charge in [0.05, 0.1) is 26.1 Å². The highest BCUT2D eigenvalue weighted by Gasteiger charge is 2.49. The third-order valence-corrected chi connectivity index (χ3v) is 6.32. The lowest BCUT2D eigenvalue weighted by Gasteiger charge is -2.39. The van der Waals surface area contributed by atoms with Gasteiger partial charge >= 0.3 is 19.8 Å². The number of nitrogens with one attached hydrogen (secondary N) is 1. The summed E-state index contributed by atoms with van der Waals surface area (Å²) < 4.78 is 37.9. The number of rotatable bonds is 8. The van der Waals surface area contributed by atoms with Gasteiger partial charge in [0.15, 0.2) is 6.10 Å². The average Bonchev–Trinajstić information content (AvgIpc) is 2.70. The topological polar surface area (TPSA) is 126 Å². The molecule has 0 aromatic heterocycles. The molecule has 1 aliphatic carbocycles. The molecule has 1 N–H and O–H groups in total. The minimum Gasteiger partial charge on any atom is -0.469 e. The maximum absolute atomic E-state index is 12.7. The van der Waals surface area contributed by atoms with Gasteiger partial charge in [-0.1, -0.05) is 33.1 Å². The van der Waals surface area contributed by atoms with Gasteiger partial charge in [0.2, 0.25) is 12.7 Å². The standard InChI is InChI=1S/C18H30NO9P/c1-18(2)11-26-29(23,27-12-25-17(22)13-7-5-4-6-8-13)28-15(18)16(21)19-10-9-14(20)24-3/h13,15H,4-12H2,1-3H3,(H,19,21)/t15-,29?/m0/s1. The zero-order valence-electron chi connectivity index (χ0n) is 17.1. The lowest BCUT2D eigenvalue weighted by Crippen LogP contribution is -2.50. The summed E-state index contributed by atoms with van der Waals surface area (Å²) in [5.74, 6) is -1.59. The summed E-state index contributed by atoms with van der Waals surface area (Å²) in [6, 6.07) is 0. The zero-order valence-corrected chi connectivity index (χ0v) is 18.0. The van der Waals surface area contributed by atoms with Gasteiger partial charge < -0.3 is 14.8 Å². The van der Waals surface area contributed by atoms with E-state index in [0.29, 0.717) is 0 Å². The number of esters is 2. The second-order valence-electron chi connectivity index (χ2n) is 7.86. The van der Waals surface area contributed by atoms with Gasteiger partial charge in [-0.05, 0) is 12.8 Å². The molecule has 0 spiro atoms. The molecule has 1 unspecified atom stereocenters. The number of phosphoric ester groups is 1. The average molecular weight is 435 g/mol. The van der Waals surface area contributed by atoms with Gasteiger partial charge in [0.25, 0.3) is 0 Å². The molecule has 2 atom stereocenters. The maximum Gasteiger partial charge on any atom is 0.478 e. The van der Waals surface area contributed by atoms with E-state index in [0.717, 1.165) is 32.1 Å². The molecular formula is C18H30NO9P. The minimum atomic E-state index is -4.09. The number of ether oxygens (including phenoxy) is 2. The van der Waals surface area contributed by atoms with Gasteiger partial charge in [-0.25, -0.2) is 9.09 Å². The van der Waals surface area contributed by atoms with Crippen LogP contribution in [-0.4, -0.2) is 51.0 Å². The first kappa shape index (κ1) is 23.8. The van der Waals surface area contributed by atoms with Gasteiger partial charge in [-0.3, -0.25) is 23.4 Å².